The SMILES string of the molecule is CC(C)Cn1cnnc1CCC(N)c1ccccc1. The second kappa shape index (κ2) is 6.48. The Morgan fingerprint density at radius 3 is 2.63 bits per heavy atom. The molecule has 0 saturated carbocycles. The largest absolute Gasteiger partial charge is 0.324 e. The van der Waals surface area contributed by atoms with Gasteiger partial charge in [0.25, 0.3) is 0 Å². The summed E-state index contributed by atoms with van der Waals surface area (Å²) in [5.74, 6) is 1.62. The van der Waals surface area contributed by atoms with Gasteiger partial charge >= 0.3 is 0 Å². The molecule has 0 saturated heterocycles. The van der Waals surface area contributed by atoms with Gasteiger partial charge in [0.15, 0.2) is 0 Å². The van der Waals surface area contributed by atoms with E-state index in [1.807, 2.05) is 24.5 Å². The zero-order valence-electron chi connectivity index (χ0n) is 11.7. The molecule has 0 aliphatic carbocycles. The first kappa shape index (κ1) is 13.7. The van der Waals surface area contributed by atoms with E-state index in [4.69, 9.17) is 5.73 Å². The van der Waals surface area contributed by atoms with Gasteiger partial charge in [-0.1, -0.05) is 44.2 Å². The molecular formula is C15H22N4. The van der Waals surface area contributed by atoms with Crippen molar-refractivity contribution >= 4 is 0 Å². The predicted octanol–water partition coefficient (Wildman–Crippen LogP) is 2.57. The lowest BCUT2D eigenvalue weighted by Crippen LogP contribution is -2.14. The highest BCUT2D eigenvalue weighted by Gasteiger charge is 2.10. The number of nitrogens with zero attached hydrogens (tertiary/aromatic N) is 3. The molecule has 0 aliphatic rings. The molecule has 0 amide bonds. The summed E-state index contributed by atoms with van der Waals surface area (Å²) < 4.78 is 2.13. The number of hydrogen-bond acceptors (Lipinski definition) is 3. The van der Waals surface area contributed by atoms with Crippen molar-refractivity contribution in [2.75, 3.05) is 0 Å². The van der Waals surface area contributed by atoms with Crippen LogP contribution in [0.5, 0.6) is 0 Å². The Morgan fingerprint density at radius 2 is 1.95 bits per heavy atom. The van der Waals surface area contributed by atoms with Crippen LogP contribution in [0, 0.1) is 5.92 Å². The first-order valence-electron chi connectivity index (χ1n) is 6.84. The van der Waals surface area contributed by atoms with Gasteiger partial charge in [0.1, 0.15) is 12.2 Å². The maximum atomic E-state index is 6.21. The van der Waals surface area contributed by atoms with Crippen LogP contribution in [-0.2, 0) is 13.0 Å². The first-order chi connectivity index (χ1) is 9.16. The molecule has 0 spiro atoms. The summed E-state index contributed by atoms with van der Waals surface area (Å²) in [6.45, 7) is 5.35. The van der Waals surface area contributed by atoms with Crippen LogP contribution in [0.2, 0.25) is 0 Å². The zero-order valence-corrected chi connectivity index (χ0v) is 11.7. The monoisotopic (exact) mass is 258 g/mol. The molecule has 2 aromatic rings. The highest BCUT2D eigenvalue weighted by atomic mass is 15.3. The summed E-state index contributed by atoms with van der Waals surface area (Å²) in [6.07, 6.45) is 3.56. The normalized spacial score (nSPS) is 12.8. The van der Waals surface area contributed by atoms with Gasteiger partial charge in [-0.05, 0) is 17.9 Å². The Kier molecular flexibility index (Phi) is 4.68. The fraction of sp³-hybridized carbons (Fsp3) is 0.467. The topological polar surface area (TPSA) is 56.7 Å². The predicted molar refractivity (Wildman–Crippen MR) is 76.6 cm³/mol. The first-order valence-corrected chi connectivity index (χ1v) is 6.84. The molecule has 1 aromatic heterocycles. The summed E-state index contributed by atoms with van der Waals surface area (Å²) >= 11 is 0. The molecule has 4 nitrogen and oxygen atoms in total. The average molecular weight is 258 g/mol. The number of rotatable bonds is 6. The van der Waals surface area contributed by atoms with Crippen LogP contribution in [0.1, 0.15) is 37.7 Å². The Hall–Kier alpha value is -1.68. The molecule has 1 heterocycles. The molecule has 1 aromatic carbocycles. The van der Waals surface area contributed by atoms with Crippen molar-refractivity contribution < 1.29 is 0 Å². The Bertz CT molecular complexity index is 490. The third kappa shape index (κ3) is 3.89. The number of aryl methyl sites for hydroxylation is 1. The maximum absolute atomic E-state index is 6.21. The van der Waals surface area contributed by atoms with Crippen LogP contribution in [0.3, 0.4) is 0 Å². The van der Waals surface area contributed by atoms with Gasteiger partial charge in [0.2, 0.25) is 0 Å². The molecule has 0 radical (unpaired) electrons. The van der Waals surface area contributed by atoms with Crippen LogP contribution in [0.15, 0.2) is 36.7 Å². The third-order valence-electron chi connectivity index (χ3n) is 3.16. The molecule has 1 atom stereocenters. The van der Waals surface area contributed by atoms with Crippen molar-refractivity contribution in [3.8, 4) is 0 Å². The van der Waals surface area contributed by atoms with Gasteiger partial charge in [-0.15, -0.1) is 10.2 Å². The van der Waals surface area contributed by atoms with E-state index < -0.39 is 0 Å². The summed E-state index contributed by atoms with van der Waals surface area (Å²) in [4.78, 5) is 0. The molecule has 102 valence electrons. The molecule has 4 heteroatoms. The van der Waals surface area contributed by atoms with E-state index in [-0.39, 0.29) is 6.04 Å². The highest BCUT2D eigenvalue weighted by molar-refractivity contribution is 5.18. The quantitative estimate of drug-likeness (QED) is 0.866. The Morgan fingerprint density at radius 1 is 1.21 bits per heavy atom. The second-order valence-corrected chi connectivity index (χ2v) is 5.35. The Balaban J connectivity index is 1.94. The fourth-order valence-electron chi connectivity index (χ4n) is 2.17. The molecule has 2 N–H and O–H groups in total. The smallest absolute Gasteiger partial charge is 0.132 e. The molecule has 19 heavy (non-hydrogen) atoms. The minimum Gasteiger partial charge on any atom is -0.324 e. The molecule has 2 rings (SSSR count). The van der Waals surface area contributed by atoms with Gasteiger partial charge in [-0.3, -0.25) is 0 Å². The van der Waals surface area contributed by atoms with Gasteiger partial charge in [0, 0.05) is 19.0 Å². The number of hydrogen-bond donors (Lipinski definition) is 1. The van der Waals surface area contributed by atoms with Crippen molar-refractivity contribution in [1.29, 1.82) is 0 Å². The number of benzene rings is 1. The van der Waals surface area contributed by atoms with Crippen molar-refractivity contribution in [3.05, 3.63) is 48.0 Å². The lowest BCUT2D eigenvalue weighted by atomic mass is 10.0. The molecular weight excluding hydrogens is 236 g/mol. The molecule has 0 aliphatic heterocycles. The van der Waals surface area contributed by atoms with Crippen LogP contribution >= 0.6 is 0 Å². The van der Waals surface area contributed by atoms with E-state index in [1.54, 1.807) is 0 Å². The third-order valence-corrected chi connectivity index (χ3v) is 3.16. The zero-order chi connectivity index (χ0) is 13.7. The fourth-order valence-corrected chi connectivity index (χ4v) is 2.17. The van der Waals surface area contributed by atoms with E-state index >= 15 is 0 Å². The minimum atomic E-state index is 0.0606. The van der Waals surface area contributed by atoms with Crippen LogP contribution in [0.4, 0.5) is 0 Å². The molecule has 1 unspecified atom stereocenters. The lowest BCUT2D eigenvalue weighted by molar-refractivity contribution is 0.498. The van der Waals surface area contributed by atoms with Gasteiger partial charge < -0.3 is 10.3 Å². The van der Waals surface area contributed by atoms with Gasteiger partial charge in [0.05, 0.1) is 0 Å². The standard InChI is InChI=1S/C15H22N4/c1-12(2)10-19-11-17-18-15(19)9-8-14(16)13-6-4-3-5-7-13/h3-7,11-12,14H,8-10,16H2,1-2H3. The van der Waals surface area contributed by atoms with Gasteiger partial charge in [-0.2, -0.15) is 0 Å². The van der Waals surface area contributed by atoms with E-state index in [9.17, 15) is 0 Å². The van der Waals surface area contributed by atoms with Crippen LogP contribution < -0.4 is 5.73 Å². The summed E-state index contributed by atoms with van der Waals surface area (Å²) in [6, 6.07) is 10.3. The van der Waals surface area contributed by atoms with Crippen molar-refractivity contribution in [2.24, 2.45) is 11.7 Å². The summed E-state index contributed by atoms with van der Waals surface area (Å²) in [7, 11) is 0. The maximum Gasteiger partial charge on any atom is 0.132 e. The summed E-state index contributed by atoms with van der Waals surface area (Å²) in [5, 5.41) is 8.19. The van der Waals surface area contributed by atoms with Crippen molar-refractivity contribution in [3.63, 3.8) is 0 Å². The van der Waals surface area contributed by atoms with Crippen LogP contribution in [-0.4, -0.2) is 14.8 Å². The van der Waals surface area contributed by atoms with Gasteiger partial charge in [-0.25, -0.2) is 0 Å². The van der Waals surface area contributed by atoms with E-state index in [2.05, 4.69) is 40.7 Å². The van der Waals surface area contributed by atoms with E-state index in [1.165, 1.54) is 5.56 Å². The second-order valence-electron chi connectivity index (χ2n) is 5.35. The number of nitrogens with two attached hydrogens (primary N) is 1. The van der Waals surface area contributed by atoms with Crippen molar-refractivity contribution in [2.45, 2.75) is 39.3 Å². The Labute approximate surface area is 114 Å². The van der Waals surface area contributed by atoms with E-state index in [0.29, 0.717) is 5.92 Å². The molecule has 0 bridgehead atoms. The highest BCUT2D eigenvalue weighted by Crippen LogP contribution is 2.16. The average Bonchev–Trinajstić information content (AvgIpc) is 2.83. The van der Waals surface area contributed by atoms with E-state index in [0.717, 1.165) is 25.2 Å². The minimum absolute atomic E-state index is 0.0606. The molecule has 0 fully saturated rings. The number of aromatic nitrogens is 3. The lowest BCUT2D eigenvalue weighted by Gasteiger charge is -2.13. The summed E-state index contributed by atoms with van der Waals surface area (Å²) in [5.41, 5.74) is 7.38. The van der Waals surface area contributed by atoms with Crippen molar-refractivity contribution in [1.82, 2.24) is 14.8 Å². The van der Waals surface area contributed by atoms with Crippen LogP contribution in [0.25, 0.3) is 0 Å².